The molecule has 0 spiro atoms. The second-order valence-electron chi connectivity index (χ2n) is 6.13. The van der Waals surface area contributed by atoms with E-state index in [9.17, 15) is 9.18 Å². The van der Waals surface area contributed by atoms with E-state index in [0.29, 0.717) is 29.5 Å². The van der Waals surface area contributed by atoms with E-state index in [2.05, 4.69) is 15.1 Å². The minimum Gasteiger partial charge on any atom is -0.363 e. The van der Waals surface area contributed by atoms with Crippen LogP contribution in [0.2, 0.25) is 5.02 Å². The molecule has 0 unspecified atom stereocenters. The largest absolute Gasteiger partial charge is 0.363 e. The van der Waals surface area contributed by atoms with E-state index < -0.39 is 0 Å². The van der Waals surface area contributed by atoms with E-state index in [0.717, 1.165) is 30.8 Å². The first-order chi connectivity index (χ1) is 11.5. The first kappa shape index (κ1) is 16.9. The molecule has 1 aromatic heterocycles. The summed E-state index contributed by atoms with van der Waals surface area (Å²) in [5.74, 6) is -0.206. The Bertz CT molecular complexity index is 800. The first-order valence-corrected chi connectivity index (χ1v) is 8.30. The predicted octanol–water partition coefficient (Wildman–Crippen LogP) is 2.50. The lowest BCUT2D eigenvalue weighted by Gasteiger charge is -2.36. The van der Waals surface area contributed by atoms with Gasteiger partial charge in [-0.15, -0.1) is 0 Å². The van der Waals surface area contributed by atoms with Crippen molar-refractivity contribution in [1.29, 1.82) is 0 Å². The summed E-state index contributed by atoms with van der Waals surface area (Å²) in [5.41, 5.74) is 2.95. The predicted molar refractivity (Wildman–Crippen MR) is 93.2 cm³/mol. The molecule has 5 nitrogen and oxygen atoms in total. The Kier molecular flexibility index (Phi) is 4.87. The highest BCUT2D eigenvalue weighted by atomic mass is 35.5. The zero-order valence-electron chi connectivity index (χ0n) is 13.8. The van der Waals surface area contributed by atoms with Crippen molar-refractivity contribution < 1.29 is 4.39 Å². The molecule has 2 heterocycles. The van der Waals surface area contributed by atoms with E-state index >= 15 is 0 Å². The monoisotopic (exact) mass is 350 g/mol. The minimum atomic E-state index is -0.256. The van der Waals surface area contributed by atoms with E-state index in [1.54, 1.807) is 13.0 Å². The van der Waals surface area contributed by atoms with Crippen LogP contribution >= 0.6 is 11.6 Å². The van der Waals surface area contributed by atoms with Gasteiger partial charge in [-0.1, -0.05) is 17.7 Å². The molecule has 3 rings (SSSR count). The minimum absolute atomic E-state index is 0.206. The standard InChI is InChI=1S/C17H20ClFN4O/c1-11-9-14(19)4-3-13(11)10-22-5-7-23(8-6-22)16-15(18)12(2)20-21-17(16)24/h3-4,9H,5-8,10H2,1-2H3,(H,21,24). The van der Waals surface area contributed by atoms with Crippen LogP contribution in [-0.2, 0) is 6.54 Å². The molecule has 0 amide bonds. The number of nitrogens with zero attached hydrogens (tertiary/aromatic N) is 3. The lowest BCUT2D eigenvalue weighted by Crippen LogP contribution is -2.47. The number of piperazine rings is 1. The Morgan fingerprint density at radius 2 is 1.96 bits per heavy atom. The van der Waals surface area contributed by atoms with E-state index in [-0.39, 0.29) is 11.4 Å². The van der Waals surface area contributed by atoms with Crippen LogP contribution in [0.25, 0.3) is 0 Å². The van der Waals surface area contributed by atoms with Crippen molar-refractivity contribution in [2.24, 2.45) is 0 Å². The Balaban J connectivity index is 1.68. The number of hydrogen-bond donors (Lipinski definition) is 1. The van der Waals surface area contributed by atoms with Crippen LogP contribution in [0, 0.1) is 19.7 Å². The van der Waals surface area contributed by atoms with Crippen LogP contribution in [-0.4, -0.2) is 41.3 Å². The van der Waals surface area contributed by atoms with Crippen molar-refractivity contribution in [2.45, 2.75) is 20.4 Å². The summed E-state index contributed by atoms with van der Waals surface area (Å²) in [5, 5.41) is 6.79. The highest BCUT2D eigenvalue weighted by Crippen LogP contribution is 2.24. The SMILES string of the molecule is Cc1cc(F)ccc1CN1CCN(c2c(Cl)c(C)n[nH]c2=O)CC1. The smallest absolute Gasteiger partial charge is 0.289 e. The van der Waals surface area contributed by atoms with Gasteiger partial charge in [0, 0.05) is 32.7 Å². The molecule has 24 heavy (non-hydrogen) atoms. The van der Waals surface area contributed by atoms with Crippen LogP contribution in [0.1, 0.15) is 16.8 Å². The molecule has 2 aromatic rings. The van der Waals surface area contributed by atoms with Crippen molar-refractivity contribution in [3.63, 3.8) is 0 Å². The summed E-state index contributed by atoms with van der Waals surface area (Å²) in [4.78, 5) is 16.3. The molecule has 1 fully saturated rings. The van der Waals surface area contributed by atoms with Crippen molar-refractivity contribution >= 4 is 17.3 Å². The molecule has 1 aliphatic rings. The van der Waals surface area contributed by atoms with Gasteiger partial charge >= 0.3 is 0 Å². The Morgan fingerprint density at radius 1 is 1.25 bits per heavy atom. The molecular formula is C17H20ClFN4O. The average Bonchev–Trinajstić information content (AvgIpc) is 2.55. The summed E-state index contributed by atoms with van der Waals surface area (Å²) in [7, 11) is 0. The summed E-state index contributed by atoms with van der Waals surface area (Å²) >= 11 is 6.26. The van der Waals surface area contributed by atoms with Gasteiger partial charge in [-0.2, -0.15) is 5.10 Å². The molecular weight excluding hydrogens is 331 g/mol. The second kappa shape index (κ2) is 6.91. The van der Waals surface area contributed by atoms with E-state index in [1.165, 1.54) is 6.07 Å². The molecule has 128 valence electrons. The Morgan fingerprint density at radius 3 is 2.62 bits per heavy atom. The molecule has 0 atom stereocenters. The normalized spacial score (nSPS) is 15.8. The first-order valence-electron chi connectivity index (χ1n) is 7.93. The lowest BCUT2D eigenvalue weighted by molar-refractivity contribution is 0.249. The van der Waals surface area contributed by atoms with Gasteiger partial charge in [0.15, 0.2) is 0 Å². The Labute approximate surface area is 145 Å². The maximum atomic E-state index is 13.2. The number of halogens is 2. The second-order valence-corrected chi connectivity index (χ2v) is 6.51. The number of H-pyrrole nitrogens is 1. The van der Waals surface area contributed by atoms with Gasteiger partial charge in [0.1, 0.15) is 11.5 Å². The molecule has 7 heteroatoms. The molecule has 1 aromatic carbocycles. The summed E-state index contributed by atoms with van der Waals surface area (Å²) in [6.45, 7) is 7.53. The third-order valence-corrected chi connectivity index (χ3v) is 4.91. The van der Waals surface area contributed by atoms with Gasteiger partial charge in [0.25, 0.3) is 5.56 Å². The number of nitrogens with one attached hydrogen (secondary N) is 1. The number of aromatic nitrogens is 2. The van der Waals surface area contributed by atoms with Gasteiger partial charge in [0.2, 0.25) is 0 Å². The fourth-order valence-corrected chi connectivity index (χ4v) is 3.24. The highest BCUT2D eigenvalue weighted by molar-refractivity contribution is 6.33. The van der Waals surface area contributed by atoms with Crippen LogP contribution in [0.15, 0.2) is 23.0 Å². The fourth-order valence-electron chi connectivity index (χ4n) is 3.00. The highest BCUT2D eigenvalue weighted by Gasteiger charge is 2.22. The van der Waals surface area contributed by atoms with Gasteiger partial charge in [-0.05, 0) is 37.1 Å². The van der Waals surface area contributed by atoms with E-state index in [4.69, 9.17) is 11.6 Å². The molecule has 1 N–H and O–H groups in total. The molecule has 1 saturated heterocycles. The van der Waals surface area contributed by atoms with Crippen molar-refractivity contribution in [2.75, 3.05) is 31.1 Å². The van der Waals surface area contributed by atoms with Crippen molar-refractivity contribution in [3.8, 4) is 0 Å². The number of anilines is 1. The molecule has 0 aliphatic carbocycles. The number of aryl methyl sites for hydroxylation is 2. The summed E-state index contributed by atoms with van der Waals surface area (Å²) in [6, 6.07) is 4.90. The molecule has 0 saturated carbocycles. The van der Waals surface area contributed by atoms with Crippen LogP contribution in [0.5, 0.6) is 0 Å². The number of benzene rings is 1. The summed E-state index contributed by atoms with van der Waals surface area (Å²) < 4.78 is 13.2. The number of aromatic amines is 1. The van der Waals surface area contributed by atoms with Gasteiger partial charge < -0.3 is 4.90 Å². The quantitative estimate of drug-likeness (QED) is 0.924. The van der Waals surface area contributed by atoms with Gasteiger partial charge in [-0.25, -0.2) is 9.49 Å². The molecule has 0 bridgehead atoms. The lowest BCUT2D eigenvalue weighted by atomic mass is 10.1. The molecule has 1 aliphatic heterocycles. The van der Waals surface area contributed by atoms with Crippen molar-refractivity contribution in [1.82, 2.24) is 15.1 Å². The average molecular weight is 351 g/mol. The third-order valence-electron chi connectivity index (χ3n) is 4.45. The zero-order chi connectivity index (χ0) is 17.3. The van der Waals surface area contributed by atoms with E-state index in [1.807, 2.05) is 17.9 Å². The maximum Gasteiger partial charge on any atom is 0.289 e. The topological polar surface area (TPSA) is 52.2 Å². The number of rotatable bonds is 3. The third kappa shape index (κ3) is 3.44. The van der Waals surface area contributed by atoms with Crippen LogP contribution in [0.3, 0.4) is 0 Å². The number of hydrogen-bond acceptors (Lipinski definition) is 4. The fraction of sp³-hybridized carbons (Fsp3) is 0.412. The van der Waals surface area contributed by atoms with Gasteiger partial charge in [0.05, 0.1) is 10.7 Å². The molecule has 0 radical (unpaired) electrons. The van der Waals surface area contributed by atoms with Crippen LogP contribution in [0.4, 0.5) is 10.1 Å². The van der Waals surface area contributed by atoms with Crippen molar-refractivity contribution in [3.05, 3.63) is 56.2 Å². The van der Waals surface area contributed by atoms with Crippen LogP contribution < -0.4 is 10.5 Å². The Hall–Kier alpha value is -1.92. The summed E-state index contributed by atoms with van der Waals surface area (Å²) in [6.07, 6.45) is 0. The zero-order valence-corrected chi connectivity index (χ0v) is 14.5. The van der Waals surface area contributed by atoms with Gasteiger partial charge in [-0.3, -0.25) is 9.69 Å². The maximum absolute atomic E-state index is 13.2.